The zero-order valence-electron chi connectivity index (χ0n) is 8.89. The summed E-state index contributed by atoms with van der Waals surface area (Å²) in [4.78, 5) is 3.93. The van der Waals surface area contributed by atoms with Crippen LogP contribution in [0.2, 0.25) is 5.02 Å². The van der Waals surface area contributed by atoms with Gasteiger partial charge in [-0.3, -0.25) is 4.98 Å². The van der Waals surface area contributed by atoms with E-state index in [9.17, 15) is 0 Å². The van der Waals surface area contributed by atoms with Gasteiger partial charge in [0, 0.05) is 18.7 Å². The van der Waals surface area contributed by atoms with Crippen molar-refractivity contribution in [2.45, 2.75) is 19.1 Å². The second-order valence-corrected chi connectivity index (χ2v) is 3.94. The van der Waals surface area contributed by atoms with Gasteiger partial charge >= 0.3 is 0 Å². The first-order valence-electron chi connectivity index (χ1n) is 5.31. The summed E-state index contributed by atoms with van der Waals surface area (Å²) < 4.78 is 16.3. The van der Waals surface area contributed by atoms with E-state index in [0.29, 0.717) is 23.8 Å². The summed E-state index contributed by atoms with van der Waals surface area (Å²) >= 11 is 5.78. The van der Waals surface area contributed by atoms with E-state index in [1.165, 1.54) is 0 Å². The largest absolute Gasteiger partial charge is 0.492 e. The highest BCUT2D eigenvalue weighted by atomic mass is 35.5. The molecular weight excluding hydrogens is 230 g/mol. The van der Waals surface area contributed by atoms with Crippen molar-refractivity contribution in [1.82, 2.24) is 4.98 Å². The highest BCUT2D eigenvalue weighted by Gasteiger charge is 2.13. The monoisotopic (exact) mass is 243 g/mol. The zero-order valence-corrected chi connectivity index (χ0v) is 9.65. The van der Waals surface area contributed by atoms with Crippen molar-refractivity contribution in [1.29, 1.82) is 0 Å². The van der Waals surface area contributed by atoms with E-state index in [1.807, 2.05) is 0 Å². The van der Waals surface area contributed by atoms with Crippen molar-refractivity contribution in [3.8, 4) is 5.75 Å². The molecule has 1 fully saturated rings. The molecule has 1 saturated heterocycles. The molecule has 0 bridgehead atoms. The lowest BCUT2D eigenvalue weighted by Crippen LogP contribution is -2.26. The minimum atomic E-state index is -0.138. The molecule has 2 rings (SSSR count). The molecule has 0 amide bonds. The molecule has 1 aliphatic heterocycles. The number of pyridine rings is 1. The third-order valence-electron chi connectivity index (χ3n) is 2.20. The fourth-order valence-corrected chi connectivity index (χ4v) is 1.61. The first-order chi connectivity index (χ1) is 7.84. The van der Waals surface area contributed by atoms with E-state index in [1.54, 1.807) is 18.5 Å². The predicted octanol–water partition coefficient (Wildman–Crippen LogP) is 2.27. The average Bonchev–Trinajstić information content (AvgIpc) is 2.30. The van der Waals surface area contributed by atoms with Crippen LogP contribution in [0.5, 0.6) is 5.75 Å². The van der Waals surface area contributed by atoms with Crippen LogP contribution in [-0.4, -0.2) is 31.1 Å². The van der Waals surface area contributed by atoms with Gasteiger partial charge in [0.1, 0.15) is 5.75 Å². The minimum Gasteiger partial charge on any atom is -0.492 e. The number of hydrogen-bond acceptors (Lipinski definition) is 4. The van der Waals surface area contributed by atoms with Gasteiger partial charge in [0.2, 0.25) is 0 Å². The Hall–Kier alpha value is -0.840. The maximum Gasteiger partial charge on any atom is 0.160 e. The lowest BCUT2D eigenvalue weighted by atomic mass is 10.4. The summed E-state index contributed by atoms with van der Waals surface area (Å²) in [6.07, 6.45) is 4.75. The highest BCUT2D eigenvalue weighted by Crippen LogP contribution is 2.16. The molecule has 0 spiro atoms. The van der Waals surface area contributed by atoms with Crippen LogP contribution in [-0.2, 0) is 9.47 Å². The Morgan fingerprint density at radius 1 is 1.38 bits per heavy atom. The quantitative estimate of drug-likeness (QED) is 0.814. The van der Waals surface area contributed by atoms with Crippen LogP contribution in [0.1, 0.15) is 12.8 Å². The number of aromatic nitrogens is 1. The first kappa shape index (κ1) is 11.6. The second-order valence-electron chi connectivity index (χ2n) is 3.50. The lowest BCUT2D eigenvalue weighted by molar-refractivity contribution is -0.183. The Kier molecular flexibility index (Phi) is 4.39. The predicted molar refractivity (Wildman–Crippen MR) is 59.7 cm³/mol. The molecule has 1 aliphatic rings. The van der Waals surface area contributed by atoms with Crippen molar-refractivity contribution in [2.24, 2.45) is 0 Å². The Bertz CT molecular complexity index is 329. The average molecular weight is 244 g/mol. The van der Waals surface area contributed by atoms with Gasteiger partial charge in [-0.25, -0.2) is 0 Å². The summed E-state index contributed by atoms with van der Waals surface area (Å²) in [6, 6.07) is 1.73. The summed E-state index contributed by atoms with van der Waals surface area (Å²) in [5.41, 5.74) is 0. The molecule has 0 aromatic carbocycles. The van der Waals surface area contributed by atoms with Gasteiger partial charge in [-0.05, 0) is 6.42 Å². The molecule has 0 atom stereocenters. The molecule has 2 heterocycles. The lowest BCUT2D eigenvalue weighted by Gasteiger charge is -2.22. The van der Waals surface area contributed by atoms with Crippen molar-refractivity contribution in [3.63, 3.8) is 0 Å². The van der Waals surface area contributed by atoms with Crippen LogP contribution < -0.4 is 4.74 Å². The SMILES string of the molecule is Clc1cncc(OCCC2OCCCO2)c1. The van der Waals surface area contributed by atoms with Crippen LogP contribution in [0, 0.1) is 0 Å². The Morgan fingerprint density at radius 3 is 2.94 bits per heavy atom. The Labute approximate surface area is 99.5 Å². The van der Waals surface area contributed by atoms with E-state index in [0.717, 1.165) is 19.6 Å². The molecule has 1 aromatic heterocycles. The van der Waals surface area contributed by atoms with Gasteiger partial charge in [0.05, 0.1) is 31.0 Å². The van der Waals surface area contributed by atoms with Crippen LogP contribution in [0.4, 0.5) is 0 Å². The maximum atomic E-state index is 5.78. The number of rotatable bonds is 4. The molecule has 0 radical (unpaired) electrons. The molecule has 0 saturated carbocycles. The number of halogens is 1. The van der Waals surface area contributed by atoms with E-state index in [2.05, 4.69) is 4.98 Å². The van der Waals surface area contributed by atoms with Gasteiger partial charge in [0.15, 0.2) is 6.29 Å². The topological polar surface area (TPSA) is 40.6 Å². The summed E-state index contributed by atoms with van der Waals surface area (Å²) in [5.74, 6) is 0.670. The smallest absolute Gasteiger partial charge is 0.160 e. The first-order valence-corrected chi connectivity index (χ1v) is 5.69. The third-order valence-corrected chi connectivity index (χ3v) is 2.40. The standard InChI is InChI=1S/C11H14ClNO3/c12-9-6-10(8-13-7-9)14-5-2-11-15-3-1-4-16-11/h6-8,11H,1-5H2. The van der Waals surface area contributed by atoms with E-state index in [4.69, 9.17) is 25.8 Å². The summed E-state index contributed by atoms with van der Waals surface area (Å²) in [5, 5.41) is 0.572. The van der Waals surface area contributed by atoms with Crippen LogP contribution >= 0.6 is 11.6 Å². The number of nitrogens with zero attached hydrogens (tertiary/aromatic N) is 1. The molecule has 16 heavy (non-hydrogen) atoms. The minimum absolute atomic E-state index is 0.138. The Balaban J connectivity index is 1.71. The maximum absolute atomic E-state index is 5.78. The molecule has 5 heteroatoms. The fourth-order valence-electron chi connectivity index (χ4n) is 1.45. The molecule has 88 valence electrons. The van der Waals surface area contributed by atoms with E-state index >= 15 is 0 Å². The molecule has 4 nitrogen and oxygen atoms in total. The molecule has 0 N–H and O–H groups in total. The molecule has 0 unspecified atom stereocenters. The second kappa shape index (κ2) is 6.03. The Morgan fingerprint density at radius 2 is 2.19 bits per heavy atom. The van der Waals surface area contributed by atoms with Gasteiger partial charge in [-0.1, -0.05) is 11.6 Å². The van der Waals surface area contributed by atoms with E-state index < -0.39 is 0 Å². The third kappa shape index (κ3) is 3.63. The van der Waals surface area contributed by atoms with Crippen LogP contribution in [0.15, 0.2) is 18.5 Å². The summed E-state index contributed by atoms with van der Waals surface area (Å²) in [6.45, 7) is 2.07. The van der Waals surface area contributed by atoms with Crippen molar-refractivity contribution in [3.05, 3.63) is 23.5 Å². The van der Waals surface area contributed by atoms with Crippen LogP contribution in [0.25, 0.3) is 0 Å². The van der Waals surface area contributed by atoms with Gasteiger partial charge in [-0.2, -0.15) is 0 Å². The van der Waals surface area contributed by atoms with Crippen molar-refractivity contribution >= 4 is 11.6 Å². The molecule has 0 aliphatic carbocycles. The number of hydrogen-bond donors (Lipinski definition) is 0. The van der Waals surface area contributed by atoms with Gasteiger partial charge in [0.25, 0.3) is 0 Å². The van der Waals surface area contributed by atoms with Crippen LogP contribution in [0.3, 0.4) is 0 Å². The summed E-state index contributed by atoms with van der Waals surface area (Å²) in [7, 11) is 0. The van der Waals surface area contributed by atoms with Gasteiger partial charge in [-0.15, -0.1) is 0 Å². The highest BCUT2D eigenvalue weighted by molar-refractivity contribution is 6.30. The van der Waals surface area contributed by atoms with Crippen molar-refractivity contribution < 1.29 is 14.2 Å². The molecule has 1 aromatic rings. The van der Waals surface area contributed by atoms with Crippen molar-refractivity contribution in [2.75, 3.05) is 19.8 Å². The number of ether oxygens (including phenoxy) is 3. The zero-order chi connectivity index (χ0) is 11.2. The van der Waals surface area contributed by atoms with E-state index in [-0.39, 0.29) is 6.29 Å². The van der Waals surface area contributed by atoms with Gasteiger partial charge < -0.3 is 14.2 Å². The molecular formula is C11H14ClNO3. The fraction of sp³-hybridized carbons (Fsp3) is 0.545. The normalized spacial score (nSPS) is 17.3.